The number of carbonyl (C=O) groups excluding carboxylic acids is 2. The van der Waals surface area contributed by atoms with Crippen LogP contribution < -0.4 is 5.32 Å². The number of rotatable bonds is 4. The summed E-state index contributed by atoms with van der Waals surface area (Å²) in [6.07, 6.45) is 0. The number of nitrogens with zero attached hydrogens (tertiary/aromatic N) is 2. The fraction of sp³-hybridized carbons (Fsp3) is 0.286. The van der Waals surface area contributed by atoms with Crippen LogP contribution in [0.5, 0.6) is 0 Å². The number of carbonyl (C=O) groups is 2. The van der Waals surface area contributed by atoms with Gasteiger partial charge in [-0.25, -0.2) is 0 Å². The number of Topliss-reactive ketones (excluding diaryl/α,β-unsaturated/α-hetero) is 1. The SMILES string of the molecule is CC(=O)c1ccccc1NC(=O)c1snnc1C(C)C. The number of ketones is 1. The van der Waals surface area contributed by atoms with Gasteiger partial charge in [0.05, 0.1) is 11.4 Å². The summed E-state index contributed by atoms with van der Waals surface area (Å²) in [5.74, 6) is -0.248. The first-order valence-electron chi connectivity index (χ1n) is 6.24. The van der Waals surface area contributed by atoms with Crippen molar-refractivity contribution in [3.05, 3.63) is 40.4 Å². The van der Waals surface area contributed by atoms with Gasteiger partial charge in [-0.15, -0.1) is 5.10 Å². The molecule has 0 bridgehead atoms. The number of aromatic nitrogens is 2. The van der Waals surface area contributed by atoms with E-state index >= 15 is 0 Å². The molecule has 2 aromatic rings. The summed E-state index contributed by atoms with van der Waals surface area (Å²) in [5.41, 5.74) is 1.67. The third-order valence-electron chi connectivity index (χ3n) is 2.82. The molecule has 1 N–H and O–H groups in total. The largest absolute Gasteiger partial charge is 0.320 e. The average molecular weight is 289 g/mol. The first-order valence-corrected chi connectivity index (χ1v) is 7.01. The molecule has 0 aliphatic carbocycles. The van der Waals surface area contributed by atoms with Gasteiger partial charge in [0.2, 0.25) is 0 Å². The zero-order valence-electron chi connectivity index (χ0n) is 11.5. The molecule has 1 heterocycles. The van der Waals surface area contributed by atoms with Gasteiger partial charge in [0.25, 0.3) is 5.91 Å². The Labute approximate surface area is 121 Å². The van der Waals surface area contributed by atoms with E-state index < -0.39 is 0 Å². The highest BCUT2D eigenvalue weighted by atomic mass is 32.1. The number of amides is 1. The Morgan fingerprint density at radius 2 is 1.95 bits per heavy atom. The molecular formula is C14H15N3O2S. The van der Waals surface area contributed by atoms with E-state index in [1.807, 2.05) is 13.8 Å². The standard InChI is InChI=1S/C14H15N3O2S/c1-8(2)12-13(20-17-16-12)14(19)15-11-7-5-4-6-10(11)9(3)18/h4-8H,1-3H3,(H,15,19). The lowest BCUT2D eigenvalue weighted by Crippen LogP contribution is -2.15. The van der Waals surface area contributed by atoms with Crippen LogP contribution >= 0.6 is 11.5 Å². The normalized spacial score (nSPS) is 10.6. The molecular weight excluding hydrogens is 274 g/mol. The third kappa shape index (κ3) is 2.91. The van der Waals surface area contributed by atoms with Crippen molar-refractivity contribution in [3.63, 3.8) is 0 Å². The number of hydrogen-bond acceptors (Lipinski definition) is 5. The van der Waals surface area contributed by atoms with Gasteiger partial charge < -0.3 is 5.32 Å². The van der Waals surface area contributed by atoms with E-state index in [0.29, 0.717) is 21.8 Å². The molecule has 6 heteroatoms. The van der Waals surface area contributed by atoms with Crippen LogP contribution in [-0.4, -0.2) is 21.3 Å². The summed E-state index contributed by atoms with van der Waals surface area (Å²) in [7, 11) is 0. The van der Waals surface area contributed by atoms with Crippen molar-refractivity contribution in [1.29, 1.82) is 0 Å². The molecule has 0 aliphatic rings. The minimum absolute atomic E-state index is 0.0904. The van der Waals surface area contributed by atoms with E-state index in [1.165, 1.54) is 6.92 Å². The van der Waals surface area contributed by atoms with Crippen LogP contribution in [0.3, 0.4) is 0 Å². The first-order chi connectivity index (χ1) is 9.50. The molecule has 2 rings (SSSR count). The maximum absolute atomic E-state index is 12.3. The first kappa shape index (κ1) is 14.3. The number of hydrogen-bond donors (Lipinski definition) is 1. The van der Waals surface area contributed by atoms with E-state index in [1.54, 1.807) is 24.3 Å². The highest BCUT2D eigenvalue weighted by Crippen LogP contribution is 2.22. The molecule has 0 radical (unpaired) electrons. The highest BCUT2D eigenvalue weighted by Gasteiger charge is 2.19. The molecule has 0 saturated heterocycles. The summed E-state index contributed by atoms with van der Waals surface area (Å²) in [6, 6.07) is 6.93. The van der Waals surface area contributed by atoms with E-state index in [4.69, 9.17) is 0 Å². The van der Waals surface area contributed by atoms with Crippen LogP contribution in [0.1, 0.15) is 52.4 Å². The maximum Gasteiger partial charge on any atom is 0.269 e. The van der Waals surface area contributed by atoms with Crippen molar-refractivity contribution in [2.75, 3.05) is 5.32 Å². The second kappa shape index (κ2) is 5.92. The number of anilines is 1. The van der Waals surface area contributed by atoms with Crippen molar-refractivity contribution in [3.8, 4) is 0 Å². The lowest BCUT2D eigenvalue weighted by Gasteiger charge is -2.09. The van der Waals surface area contributed by atoms with Gasteiger partial charge >= 0.3 is 0 Å². The molecule has 0 atom stereocenters. The molecule has 1 aromatic heterocycles. The quantitative estimate of drug-likeness (QED) is 0.878. The Kier molecular flexibility index (Phi) is 4.24. The van der Waals surface area contributed by atoms with Crippen molar-refractivity contribution in [2.24, 2.45) is 0 Å². The number of nitrogens with one attached hydrogen (secondary N) is 1. The second-order valence-electron chi connectivity index (χ2n) is 4.70. The Hall–Kier alpha value is -2.08. The monoisotopic (exact) mass is 289 g/mol. The van der Waals surface area contributed by atoms with Crippen LogP contribution in [0, 0.1) is 0 Å². The summed E-state index contributed by atoms with van der Waals surface area (Å²) in [5, 5.41) is 6.74. The Morgan fingerprint density at radius 3 is 2.60 bits per heavy atom. The van der Waals surface area contributed by atoms with Crippen LogP contribution in [-0.2, 0) is 0 Å². The van der Waals surface area contributed by atoms with Crippen LogP contribution in [0.4, 0.5) is 5.69 Å². The zero-order chi connectivity index (χ0) is 14.7. The van der Waals surface area contributed by atoms with Crippen molar-refractivity contribution in [1.82, 2.24) is 9.59 Å². The summed E-state index contributed by atoms with van der Waals surface area (Å²) in [6.45, 7) is 5.38. The van der Waals surface area contributed by atoms with E-state index in [0.717, 1.165) is 11.5 Å². The minimum Gasteiger partial charge on any atom is -0.320 e. The lowest BCUT2D eigenvalue weighted by atomic mass is 10.1. The Bertz CT molecular complexity index is 649. The predicted molar refractivity (Wildman–Crippen MR) is 78.4 cm³/mol. The smallest absolute Gasteiger partial charge is 0.269 e. The van der Waals surface area contributed by atoms with Gasteiger partial charge in [-0.1, -0.05) is 30.5 Å². The molecule has 0 fully saturated rings. The van der Waals surface area contributed by atoms with E-state index in [2.05, 4.69) is 14.9 Å². The Morgan fingerprint density at radius 1 is 1.25 bits per heavy atom. The Balaban J connectivity index is 2.29. The lowest BCUT2D eigenvalue weighted by molar-refractivity contribution is 0.101. The van der Waals surface area contributed by atoms with Crippen molar-refractivity contribution in [2.45, 2.75) is 26.7 Å². The molecule has 0 saturated carbocycles. The third-order valence-corrected chi connectivity index (χ3v) is 3.56. The van der Waals surface area contributed by atoms with Gasteiger partial charge in [-0.3, -0.25) is 9.59 Å². The fourth-order valence-electron chi connectivity index (χ4n) is 1.81. The maximum atomic E-state index is 12.3. The topological polar surface area (TPSA) is 72.0 Å². The van der Waals surface area contributed by atoms with Gasteiger partial charge in [0.15, 0.2) is 5.78 Å². The minimum atomic E-state index is -0.280. The molecule has 0 unspecified atom stereocenters. The van der Waals surface area contributed by atoms with Crippen molar-refractivity contribution >= 4 is 28.9 Å². The van der Waals surface area contributed by atoms with Crippen molar-refractivity contribution < 1.29 is 9.59 Å². The van der Waals surface area contributed by atoms with Crippen LogP contribution in [0.25, 0.3) is 0 Å². The zero-order valence-corrected chi connectivity index (χ0v) is 12.3. The van der Waals surface area contributed by atoms with E-state index in [9.17, 15) is 9.59 Å². The van der Waals surface area contributed by atoms with E-state index in [-0.39, 0.29) is 17.6 Å². The molecule has 1 aromatic carbocycles. The molecule has 0 aliphatic heterocycles. The predicted octanol–water partition coefficient (Wildman–Crippen LogP) is 3.12. The molecule has 20 heavy (non-hydrogen) atoms. The van der Waals surface area contributed by atoms with Gasteiger partial charge in [0.1, 0.15) is 4.88 Å². The fourth-order valence-corrected chi connectivity index (χ4v) is 2.53. The second-order valence-corrected chi connectivity index (χ2v) is 5.45. The van der Waals surface area contributed by atoms with Crippen LogP contribution in [0.15, 0.2) is 24.3 Å². The molecule has 0 spiro atoms. The molecule has 5 nitrogen and oxygen atoms in total. The van der Waals surface area contributed by atoms with Gasteiger partial charge in [-0.2, -0.15) is 0 Å². The summed E-state index contributed by atoms with van der Waals surface area (Å²) >= 11 is 1.06. The summed E-state index contributed by atoms with van der Waals surface area (Å²) in [4.78, 5) is 24.3. The summed E-state index contributed by atoms with van der Waals surface area (Å²) < 4.78 is 3.83. The number of benzene rings is 1. The van der Waals surface area contributed by atoms with Crippen LogP contribution in [0.2, 0.25) is 0 Å². The van der Waals surface area contributed by atoms with Gasteiger partial charge in [0, 0.05) is 5.56 Å². The number of para-hydroxylation sites is 1. The van der Waals surface area contributed by atoms with Gasteiger partial charge in [-0.05, 0) is 36.5 Å². The molecule has 104 valence electrons. The highest BCUT2D eigenvalue weighted by molar-refractivity contribution is 7.08. The average Bonchev–Trinajstić information content (AvgIpc) is 2.88. The molecule has 1 amide bonds.